The Morgan fingerprint density at radius 2 is 1.76 bits per heavy atom. The standard InChI is InChI=1S/C18H33NO2/c1-7-19(8-2)18(20)12-16(5)10-9-11-17(6)14-21-13-15(3)4/h9-10,12,15,17H,7-8,11,13-14H2,1-6H3. The zero-order chi connectivity index (χ0) is 16.3. The predicted molar refractivity (Wildman–Crippen MR) is 90.3 cm³/mol. The molecule has 1 amide bonds. The van der Waals surface area contributed by atoms with Crippen molar-refractivity contribution in [1.29, 1.82) is 0 Å². The van der Waals surface area contributed by atoms with Gasteiger partial charge in [0.15, 0.2) is 0 Å². The van der Waals surface area contributed by atoms with Gasteiger partial charge in [0.2, 0.25) is 5.91 Å². The molecule has 21 heavy (non-hydrogen) atoms. The van der Waals surface area contributed by atoms with Crippen molar-refractivity contribution in [2.75, 3.05) is 26.3 Å². The number of likely N-dealkylation sites (N-methyl/N-ethyl adjacent to an activating group) is 1. The monoisotopic (exact) mass is 295 g/mol. The molecule has 1 atom stereocenters. The van der Waals surface area contributed by atoms with Crippen LogP contribution in [0.4, 0.5) is 0 Å². The third-order valence-corrected chi connectivity index (χ3v) is 3.20. The van der Waals surface area contributed by atoms with E-state index in [0.29, 0.717) is 11.8 Å². The van der Waals surface area contributed by atoms with E-state index in [1.165, 1.54) is 0 Å². The molecular weight excluding hydrogens is 262 g/mol. The van der Waals surface area contributed by atoms with Crippen molar-refractivity contribution in [2.45, 2.75) is 48.0 Å². The summed E-state index contributed by atoms with van der Waals surface area (Å²) in [4.78, 5) is 13.7. The Bertz CT molecular complexity index is 341. The van der Waals surface area contributed by atoms with Crippen LogP contribution in [0.15, 0.2) is 23.8 Å². The SMILES string of the molecule is CCN(CC)C(=O)C=C(C)C=CCC(C)COCC(C)C. The second kappa shape index (κ2) is 11.6. The van der Waals surface area contributed by atoms with Crippen molar-refractivity contribution >= 4 is 5.91 Å². The van der Waals surface area contributed by atoms with Gasteiger partial charge in [-0.3, -0.25) is 4.79 Å². The lowest BCUT2D eigenvalue weighted by Gasteiger charge is -2.16. The summed E-state index contributed by atoms with van der Waals surface area (Å²) in [6.45, 7) is 15.6. The largest absolute Gasteiger partial charge is 0.381 e. The molecule has 0 aromatic rings. The number of ether oxygens (including phenoxy) is 1. The lowest BCUT2D eigenvalue weighted by atomic mass is 10.1. The zero-order valence-electron chi connectivity index (χ0n) is 14.7. The van der Waals surface area contributed by atoms with Crippen LogP contribution in [0.2, 0.25) is 0 Å². The van der Waals surface area contributed by atoms with Gasteiger partial charge in [0, 0.05) is 32.4 Å². The Hall–Kier alpha value is -1.09. The molecule has 0 bridgehead atoms. The average molecular weight is 295 g/mol. The van der Waals surface area contributed by atoms with Gasteiger partial charge in [0.05, 0.1) is 0 Å². The molecule has 0 aromatic heterocycles. The van der Waals surface area contributed by atoms with Gasteiger partial charge in [0.25, 0.3) is 0 Å². The number of carbonyl (C=O) groups is 1. The Labute approximate surface area is 131 Å². The molecule has 3 nitrogen and oxygen atoms in total. The van der Waals surface area contributed by atoms with Crippen molar-refractivity contribution in [3.63, 3.8) is 0 Å². The number of nitrogens with zero attached hydrogens (tertiary/aromatic N) is 1. The Balaban J connectivity index is 4.14. The number of hydrogen-bond donors (Lipinski definition) is 0. The van der Waals surface area contributed by atoms with Crippen LogP contribution in [0.1, 0.15) is 48.0 Å². The highest BCUT2D eigenvalue weighted by Gasteiger charge is 2.05. The number of hydrogen-bond acceptors (Lipinski definition) is 2. The smallest absolute Gasteiger partial charge is 0.246 e. The quantitative estimate of drug-likeness (QED) is 0.449. The van der Waals surface area contributed by atoms with E-state index in [-0.39, 0.29) is 5.91 Å². The summed E-state index contributed by atoms with van der Waals surface area (Å²) in [5.41, 5.74) is 1.00. The van der Waals surface area contributed by atoms with Gasteiger partial charge in [-0.2, -0.15) is 0 Å². The second-order valence-electron chi connectivity index (χ2n) is 6.07. The van der Waals surface area contributed by atoms with E-state index in [0.717, 1.165) is 38.3 Å². The molecule has 0 heterocycles. The van der Waals surface area contributed by atoms with E-state index in [1.807, 2.05) is 31.7 Å². The first kappa shape index (κ1) is 19.9. The van der Waals surface area contributed by atoms with Gasteiger partial charge in [-0.25, -0.2) is 0 Å². The molecule has 0 fully saturated rings. The summed E-state index contributed by atoms with van der Waals surface area (Å²) in [5, 5.41) is 0. The maximum atomic E-state index is 11.9. The van der Waals surface area contributed by atoms with Gasteiger partial charge in [-0.1, -0.05) is 32.9 Å². The second-order valence-corrected chi connectivity index (χ2v) is 6.07. The molecule has 122 valence electrons. The maximum absolute atomic E-state index is 11.9. The van der Waals surface area contributed by atoms with Crippen LogP contribution in [-0.2, 0) is 9.53 Å². The zero-order valence-corrected chi connectivity index (χ0v) is 14.7. The minimum absolute atomic E-state index is 0.0930. The molecule has 0 aliphatic carbocycles. The first-order valence-electron chi connectivity index (χ1n) is 8.12. The summed E-state index contributed by atoms with van der Waals surface area (Å²) < 4.78 is 5.63. The molecular formula is C18H33NO2. The number of allylic oxidation sites excluding steroid dienone is 3. The Morgan fingerprint density at radius 1 is 1.14 bits per heavy atom. The fourth-order valence-electron chi connectivity index (χ4n) is 1.93. The third-order valence-electron chi connectivity index (χ3n) is 3.20. The summed E-state index contributed by atoms with van der Waals surface area (Å²) in [7, 11) is 0. The van der Waals surface area contributed by atoms with Crippen molar-refractivity contribution in [1.82, 2.24) is 4.90 Å². The van der Waals surface area contributed by atoms with Crippen molar-refractivity contribution in [3.05, 3.63) is 23.8 Å². The molecule has 0 N–H and O–H groups in total. The van der Waals surface area contributed by atoms with E-state index in [4.69, 9.17) is 4.74 Å². The van der Waals surface area contributed by atoms with Gasteiger partial charge < -0.3 is 9.64 Å². The molecule has 0 saturated carbocycles. The van der Waals surface area contributed by atoms with E-state index in [2.05, 4.69) is 26.8 Å². The van der Waals surface area contributed by atoms with E-state index >= 15 is 0 Å². The maximum Gasteiger partial charge on any atom is 0.246 e. The minimum Gasteiger partial charge on any atom is -0.381 e. The van der Waals surface area contributed by atoms with E-state index < -0.39 is 0 Å². The lowest BCUT2D eigenvalue weighted by Crippen LogP contribution is -2.28. The summed E-state index contributed by atoms with van der Waals surface area (Å²) >= 11 is 0. The molecule has 0 rings (SSSR count). The van der Waals surface area contributed by atoms with Crippen LogP contribution < -0.4 is 0 Å². The molecule has 0 aliphatic heterocycles. The first-order valence-corrected chi connectivity index (χ1v) is 8.12. The van der Waals surface area contributed by atoms with Gasteiger partial charge in [-0.15, -0.1) is 0 Å². The third kappa shape index (κ3) is 10.3. The average Bonchev–Trinajstić information content (AvgIpc) is 2.39. The van der Waals surface area contributed by atoms with E-state index in [1.54, 1.807) is 6.08 Å². The van der Waals surface area contributed by atoms with Gasteiger partial charge in [0.1, 0.15) is 0 Å². The first-order chi connectivity index (χ1) is 9.90. The van der Waals surface area contributed by atoms with Crippen LogP contribution in [-0.4, -0.2) is 37.1 Å². The highest BCUT2D eigenvalue weighted by Crippen LogP contribution is 2.07. The number of amides is 1. The molecule has 0 aliphatic rings. The molecule has 1 unspecified atom stereocenters. The van der Waals surface area contributed by atoms with Crippen molar-refractivity contribution in [2.24, 2.45) is 11.8 Å². The number of rotatable bonds is 10. The molecule has 0 saturated heterocycles. The summed E-state index contributed by atoms with van der Waals surface area (Å²) in [5.74, 6) is 1.19. The normalized spacial score (nSPS) is 14.0. The van der Waals surface area contributed by atoms with Gasteiger partial charge >= 0.3 is 0 Å². The Morgan fingerprint density at radius 3 is 2.29 bits per heavy atom. The molecule has 0 radical (unpaired) electrons. The van der Waals surface area contributed by atoms with Crippen LogP contribution in [0.3, 0.4) is 0 Å². The van der Waals surface area contributed by atoms with Crippen molar-refractivity contribution in [3.8, 4) is 0 Å². The minimum atomic E-state index is 0.0930. The predicted octanol–water partition coefficient (Wildman–Crippen LogP) is 4.06. The Kier molecular flexibility index (Phi) is 11.0. The molecule has 3 heteroatoms. The molecule has 0 aromatic carbocycles. The van der Waals surface area contributed by atoms with Crippen molar-refractivity contribution < 1.29 is 9.53 Å². The van der Waals surface area contributed by atoms with Crippen LogP contribution in [0, 0.1) is 11.8 Å². The van der Waals surface area contributed by atoms with Gasteiger partial charge in [-0.05, 0) is 44.6 Å². The fraction of sp³-hybridized carbons (Fsp3) is 0.722. The summed E-state index contributed by atoms with van der Waals surface area (Å²) in [6, 6.07) is 0. The van der Waals surface area contributed by atoms with Crippen LogP contribution >= 0.6 is 0 Å². The fourth-order valence-corrected chi connectivity index (χ4v) is 1.93. The van der Waals surface area contributed by atoms with E-state index in [9.17, 15) is 4.79 Å². The summed E-state index contributed by atoms with van der Waals surface area (Å²) in [6.07, 6.45) is 6.84. The number of carbonyl (C=O) groups excluding carboxylic acids is 1. The highest BCUT2D eigenvalue weighted by molar-refractivity contribution is 5.88. The molecule has 0 spiro atoms. The topological polar surface area (TPSA) is 29.5 Å². The van der Waals surface area contributed by atoms with Crippen LogP contribution in [0.5, 0.6) is 0 Å². The highest BCUT2D eigenvalue weighted by atomic mass is 16.5. The van der Waals surface area contributed by atoms with Crippen LogP contribution in [0.25, 0.3) is 0 Å². The lowest BCUT2D eigenvalue weighted by molar-refractivity contribution is -0.125.